The predicted molar refractivity (Wildman–Crippen MR) is 107 cm³/mol. The summed E-state index contributed by atoms with van der Waals surface area (Å²) in [7, 11) is 0. The van der Waals surface area contributed by atoms with Gasteiger partial charge in [0.25, 0.3) is 5.89 Å². The molecule has 0 unspecified atom stereocenters. The van der Waals surface area contributed by atoms with Crippen LogP contribution in [-0.4, -0.2) is 22.2 Å². The van der Waals surface area contributed by atoms with Gasteiger partial charge in [-0.05, 0) is 43.7 Å². The predicted octanol–water partition coefficient (Wildman–Crippen LogP) is 5.09. The summed E-state index contributed by atoms with van der Waals surface area (Å²) in [5.74, 6) is 0.794. The average Bonchev–Trinajstić information content (AvgIpc) is 3.09. The first-order valence-electron chi connectivity index (χ1n) is 8.45. The molecule has 0 fully saturated rings. The van der Waals surface area contributed by atoms with Gasteiger partial charge in [0.05, 0.1) is 0 Å². The van der Waals surface area contributed by atoms with Gasteiger partial charge in [0.1, 0.15) is 0 Å². The third-order valence-corrected chi connectivity index (χ3v) is 3.90. The van der Waals surface area contributed by atoms with Crippen LogP contribution in [0.1, 0.15) is 25.3 Å². The SMILES string of the molecule is CC(C)NC(=O)Nc1cccc(-c2noc(C=Cc3ccccc3Cl)n2)c1. The van der Waals surface area contributed by atoms with E-state index in [9.17, 15) is 4.79 Å². The van der Waals surface area contributed by atoms with Gasteiger partial charge in [0, 0.05) is 28.4 Å². The van der Waals surface area contributed by atoms with Gasteiger partial charge in [-0.1, -0.05) is 47.1 Å². The third-order valence-electron chi connectivity index (χ3n) is 3.55. The summed E-state index contributed by atoms with van der Waals surface area (Å²) in [6.07, 6.45) is 3.52. The van der Waals surface area contributed by atoms with Crippen molar-refractivity contribution in [3.63, 3.8) is 0 Å². The lowest BCUT2D eigenvalue weighted by Crippen LogP contribution is -2.34. The van der Waals surface area contributed by atoms with Crippen molar-refractivity contribution in [1.82, 2.24) is 15.5 Å². The maximum Gasteiger partial charge on any atom is 0.319 e. The molecule has 2 amide bonds. The summed E-state index contributed by atoms with van der Waals surface area (Å²) in [4.78, 5) is 16.2. The molecule has 3 rings (SSSR count). The minimum absolute atomic E-state index is 0.0536. The Bertz CT molecular complexity index is 966. The average molecular weight is 383 g/mol. The van der Waals surface area contributed by atoms with E-state index in [1.165, 1.54) is 0 Å². The molecule has 27 heavy (non-hydrogen) atoms. The number of nitrogens with one attached hydrogen (secondary N) is 2. The highest BCUT2D eigenvalue weighted by Gasteiger charge is 2.09. The number of carbonyl (C=O) groups excluding carboxylic acids is 1. The molecule has 1 aromatic heterocycles. The molecule has 0 bridgehead atoms. The van der Waals surface area contributed by atoms with Crippen LogP contribution in [0.15, 0.2) is 53.1 Å². The maximum absolute atomic E-state index is 11.8. The van der Waals surface area contributed by atoms with Gasteiger partial charge in [0.2, 0.25) is 5.82 Å². The number of rotatable bonds is 5. The van der Waals surface area contributed by atoms with Gasteiger partial charge in [-0.2, -0.15) is 4.98 Å². The molecule has 0 atom stereocenters. The molecule has 0 aliphatic carbocycles. The number of aromatic nitrogens is 2. The normalized spacial score (nSPS) is 11.1. The third kappa shape index (κ3) is 5.18. The Morgan fingerprint density at radius 1 is 1.15 bits per heavy atom. The van der Waals surface area contributed by atoms with E-state index in [1.807, 2.05) is 56.3 Å². The zero-order chi connectivity index (χ0) is 19.2. The van der Waals surface area contributed by atoms with E-state index in [0.29, 0.717) is 22.4 Å². The molecule has 1 heterocycles. The Morgan fingerprint density at radius 2 is 1.96 bits per heavy atom. The summed E-state index contributed by atoms with van der Waals surface area (Å²) < 4.78 is 5.26. The van der Waals surface area contributed by atoms with Crippen molar-refractivity contribution in [2.24, 2.45) is 0 Å². The smallest absolute Gasteiger partial charge is 0.319 e. The summed E-state index contributed by atoms with van der Waals surface area (Å²) in [6, 6.07) is 14.5. The largest absolute Gasteiger partial charge is 0.336 e. The van der Waals surface area contributed by atoms with Crippen molar-refractivity contribution in [1.29, 1.82) is 0 Å². The standard InChI is InChI=1S/C20H19ClN4O2/c1-13(2)22-20(26)23-16-8-5-7-15(12-16)19-24-18(27-25-19)11-10-14-6-3-4-9-17(14)21/h3-13H,1-2H3,(H2,22,23,26). The van der Waals surface area contributed by atoms with E-state index in [0.717, 1.165) is 11.1 Å². The van der Waals surface area contributed by atoms with E-state index in [-0.39, 0.29) is 12.1 Å². The molecule has 0 aliphatic rings. The zero-order valence-electron chi connectivity index (χ0n) is 14.9. The van der Waals surface area contributed by atoms with Crippen molar-refractivity contribution < 1.29 is 9.32 Å². The molecule has 0 spiro atoms. The van der Waals surface area contributed by atoms with Crippen molar-refractivity contribution in [2.45, 2.75) is 19.9 Å². The van der Waals surface area contributed by atoms with Gasteiger partial charge >= 0.3 is 6.03 Å². The van der Waals surface area contributed by atoms with E-state index in [2.05, 4.69) is 20.8 Å². The Hall–Kier alpha value is -3.12. The molecule has 0 saturated heterocycles. The fraction of sp³-hybridized carbons (Fsp3) is 0.150. The van der Waals surface area contributed by atoms with Crippen LogP contribution in [0.5, 0.6) is 0 Å². The zero-order valence-corrected chi connectivity index (χ0v) is 15.7. The molecule has 3 aromatic rings. The number of amides is 2. The van der Waals surface area contributed by atoms with E-state index >= 15 is 0 Å². The first-order chi connectivity index (χ1) is 13.0. The molecule has 0 aliphatic heterocycles. The number of nitrogens with zero attached hydrogens (tertiary/aromatic N) is 2. The highest BCUT2D eigenvalue weighted by Crippen LogP contribution is 2.21. The highest BCUT2D eigenvalue weighted by molar-refractivity contribution is 6.32. The topological polar surface area (TPSA) is 80.0 Å². The summed E-state index contributed by atoms with van der Waals surface area (Å²) in [5.41, 5.74) is 2.24. The summed E-state index contributed by atoms with van der Waals surface area (Å²) in [6.45, 7) is 3.79. The van der Waals surface area contributed by atoms with E-state index in [1.54, 1.807) is 18.2 Å². The Balaban J connectivity index is 1.74. The number of hydrogen-bond acceptors (Lipinski definition) is 4. The first-order valence-corrected chi connectivity index (χ1v) is 8.83. The van der Waals surface area contributed by atoms with Gasteiger partial charge in [-0.3, -0.25) is 0 Å². The van der Waals surface area contributed by atoms with Crippen LogP contribution in [0.4, 0.5) is 10.5 Å². The minimum atomic E-state index is -0.265. The number of anilines is 1. The fourth-order valence-electron chi connectivity index (χ4n) is 2.36. The molecule has 2 N–H and O–H groups in total. The number of urea groups is 1. The maximum atomic E-state index is 11.8. The lowest BCUT2D eigenvalue weighted by atomic mass is 10.2. The fourth-order valence-corrected chi connectivity index (χ4v) is 2.56. The van der Waals surface area contributed by atoms with Crippen LogP contribution in [0.25, 0.3) is 23.5 Å². The molecule has 2 aromatic carbocycles. The van der Waals surface area contributed by atoms with Crippen LogP contribution in [-0.2, 0) is 0 Å². The second-order valence-electron chi connectivity index (χ2n) is 6.15. The Morgan fingerprint density at radius 3 is 2.74 bits per heavy atom. The molecule has 0 saturated carbocycles. The highest BCUT2D eigenvalue weighted by atomic mass is 35.5. The van der Waals surface area contributed by atoms with Gasteiger partial charge in [-0.25, -0.2) is 4.79 Å². The molecule has 6 nitrogen and oxygen atoms in total. The van der Waals surface area contributed by atoms with Crippen LogP contribution in [0.2, 0.25) is 5.02 Å². The van der Waals surface area contributed by atoms with Crippen LogP contribution >= 0.6 is 11.6 Å². The van der Waals surface area contributed by atoms with Crippen LogP contribution in [0, 0.1) is 0 Å². The second-order valence-corrected chi connectivity index (χ2v) is 6.55. The molecule has 7 heteroatoms. The summed E-state index contributed by atoms with van der Waals surface area (Å²) >= 11 is 6.12. The van der Waals surface area contributed by atoms with Gasteiger partial charge < -0.3 is 15.2 Å². The molecular weight excluding hydrogens is 364 g/mol. The van der Waals surface area contributed by atoms with Crippen LogP contribution < -0.4 is 10.6 Å². The number of benzene rings is 2. The van der Waals surface area contributed by atoms with Crippen molar-refractivity contribution in [2.75, 3.05) is 5.32 Å². The number of hydrogen-bond donors (Lipinski definition) is 2. The molecule has 0 radical (unpaired) electrons. The lowest BCUT2D eigenvalue weighted by molar-refractivity contribution is 0.250. The molecule has 138 valence electrons. The Labute approximate surface area is 162 Å². The van der Waals surface area contributed by atoms with E-state index in [4.69, 9.17) is 16.1 Å². The van der Waals surface area contributed by atoms with Gasteiger partial charge in [-0.15, -0.1) is 0 Å². The molecular formula is C20H19ClN4O2. The van der Waals surface area contributed by atoms with Crippen molar-refractivity contribution in [3.05, 3.63) is 65.0 Å². The second kappa shape index (κ2) is 8.51. The minimum Gasteiger partial charge on any atom is -0.336 e. The van der Waals surface area contributed by atoms with Crippen molar-refractivity contribution in [3.8, 4) is 11.4 Å². The number of halogens is 1. The van der Waals surface area contributed by atoms with E-state index < -0.39 is 0 Å². The van der Waals surface area contributed by atoms with Crippen molar-refractivity contribution >= 4 is 35.5 Å². The first kappa shape index (κ1) is 18.7. The Kier molecular flexibility index (Phi) is 5.88. The number of carbonyl (C=O) groups is 1. The lowest BCUT2D eigenvalue weighted by Gasteiger charge is -2.10. The monoisotopic (exact) mass is 382 g/mol. The van der Waals surface area contributed by atoms with Crippen LogP contribution in [0.3, 0.4) is 0 Å². The summed E-state index contributed by atoms with van der Waals surface area (Å²) in [5, 5.41) is 10.2. The quantitative estimate of drug-likeness (QED) is 0.644. The van der Waals surface area contributed by atoms with Gasteiger partial charge in [0.15, 0.2) is 0 Å².